The van der Waals surface area contributed by atoms with Gasteiger partial charge in [0.2, 0.25) is 5.91 Å². The lowest BCUT2D eigenvalue weighted by molar-refractivity contribution is -0.122. The maximum atomic E-state index is 12.0. The number of benzene rings is 1. The van der Waals surface area contributed by atoms with Gasteiger partial charge in [0.1, 0.15) is 0 Å². The van der Waals surface area contributed by atoms with Gasteiger partial charge in [0.15, 0.2) is 0 Å². The molecule has 1 saturated carbocycles. The molecule has 1 aromatic carbocycles. The van der Waals surface area contributed by atoms with Crippen LogP contribution in [-0.2, 0) is 4.79 Å². The van der Waals surface area contributed by atoms with Gasteiger partial charge >= 0.3 is 0 Å². The lowest BCUT2D eigenvalue weighted by atomic mass is 10.1. The SMILES string of the molecule is O=C(NCCNC(=O)C1CC1)c1ccc2cc[nH]c2c1. The van der Waals surface area contributed by atoms with Gasteiger partial charge in [-0.25, -0.2) is 0 Å². The van der Waals surface area contributed by atoms with Crippen LogP contribution in [0.3, 0.4) is 0 Å². The van der Waals surface area contributed by atoms with Crippen molar-refractivity contribution >= 4 is 22.7 Å². The van der Waals surface area contributed by atoms with Crippen molar-refractivity contribution in [1.29, 1.82) is 0 Å². The van der Waals surface area contributed by atoms with E-state index in [-0.39, 0.29) is 17.7 Å². The first-order chi connectivity index (χ1) is 9.74. The van der Waals surface area contributed by atoms with Crippen LogP contribution in [0.4, 0.5) is 0 Å². The molecule has 1 aliphatic rings. The number of carbonyl (C=O) groups is 2. The zero-order chi connectivity index (χ0) is 13.9. The fraction of sp³-hybridized carbons (Fsp3) is 0.333. The second-order valence-electron chi connectivity index (χ2n) is 5.10. The van der Waals surface area contributed by atoms with Crippen LogP contribution in [0.2, 0.25) is 0 Å². The molecule has 0 spiro atoms. The number of hydrogen-bond acceptors (Lipinski definition) is 2. The molecule has 3 N–H and O–H groups in total. The predicted octanol–water partition coefficient (Wildman–Crippen LogP) is 1.42. The van der Waals surface area contributed by atoms with Gasteiger partial charge in [-0.2, -0.15) is 0 Å². The predicted molar refractivity (Wildman–Crippen MR) is 76.4 cm³/mol. The van der Waals surface area contributed by atoms with E-state index in [2.05, 4.69) is 15.6 Å². The van der Waals surface area contributed by atoms with Crippen LogP contribution in [-0.4, -0.2) is 29.9 Å². The number of nitrogens with one attached hydrogen (secondary N) is 3. The average Bonchev–Trinajstić information content (AvgIpc) is 3.20. The molecule has 1 aliphatic carbocycles. The Morgan fingerprint density at radius 3 is 2.75 bits per heavy atom. The Hall–Kier alpha value is -2.30. The monoisotopic (exact) mass is 271 g/mol. The highest BCUT2D eigenvalue weighted by molar-refractivity contribution is 5.97. The number of H-pyrrole nitrogens is 1. The van der Waals surface area contributed by atoms with E-state index in [9.17, 15) is 9.59 Å². The molecule has 1 heterocycles. The van der Waals surface area contributed by atoms with Gasteiger partial charge in [-0.3, -0.25) is 9.59 Å². The van der Waals surface area contributed by atoms with Gasteiger partial charge in [0, 0.05) is 36.3 Å². The van der Waals surface area contributed by atoms with E-state index >= 15 is 0 Å². The molecule has 0 atom stereocenters. The summed E-state index contributed by atoms with van der Waals surface area (Å²) in [6.45, 7) is 0.922. The quantitative estimate of drug-likeness (QED) is 0.720. The normalized spacial score (nSPS) is 14.2. The Kier molecular flexibility index (Phi) is 3.41. The van der Waals surface area contributed by atoms with Crippen LogP contribution >= 0.6 is 0 Å². The van der Waals surface area contributed by atoms with Crippen LogP contribution in [0.1, 0.15) is 23.2 Å². The number of rotatable bonds is 5. The summed E-state index contributed by atoms with van der Waals surface area (Å²) in [5.41, 5.74) is 1.56. The van der Waals surface area contributed by atoms with E-state index in [4.69, 9.17) is 0 Å². The number of aromatic amines is 1. The van der Waals surface area contributed by atoms with Crippen LogP contribution in [0.5, 0.6) is 0 Å². The molecule has 2 aromatic rings. The van der Waals surface area contributed by atoms with E-state index in [0.29, 0.717) is 18.7 Å². The first-order valence-corrected chi connectivity index (χ1v) is 6.87. The second-order valence-corrected chi connectivity index (χ2v) is 5.10. The van der Waals surface area contributed by atoms with E-state index in [1.807, 2.05) is 24.4 Å². The maximum Gasteiger partial charge on any atom is 0.251 e. The minimum atomic E-state index is -0.123. The molecule has 0 saturated heterocycles. The number of amides is 2. The lowest BCUT2D eigenvalue weighted by Gasteiger charge is -2.07. The number of aromatic nitrogens is 1. The molecule has 0 radical (unpaired) electrons. The highest BCUT2D eigenvalue weighted by atomic mass is 16.2. The Bertz CT molecular complexity index is 643. The Morgan fingerprint density at radius 1 is 1.15 bits per heavy atom. The van der Waals surface area contributed by atoms with Gasteiger partial charge < -0.3 is 15.6 Å². The van der Waals surface area contributed by atoms with Crippen LogP contribution in [0.25, 0.3) is 10.9 Å². The molecule has 104 valence electrons. The standard InChI is InChI=1S/C15H17N3O2/c19-14(11-2-3-11)17-7-8-18-15(20)12-4-1-10-5-6-16-13(10)9-12/h1,4-6,9,11,16H,2-3,7-8H2,(H,17,19)(H,18,20). The summed E-state index contributed by atoms with van der Waals surface area (Å²) in [7, 11) is 0. The van der Waals surface area contributed by atoms with Crippen molar-refractivity contribution in [2.75, 3.05) is 13.1 Å². The minimum absolute atomic E-state index is 0.104. The van der Waals surface area contributed by atoms with Crippen molar-refractivity contribution < 1.29 is 9.59 Å². The summed E-state index contributed by atoms with van der Waals surface area (Å²) in [5, 5.41) is 6.70. The van der Waals surface area contributed by atoms with Crippen molar-refractivity contribution in [2.45, 2.75) is 12.8 Å². The third-order valence-corrected chi connectivity index (χ3v) is 3.48. The van der Waals surface area contributed by atoms with Gasteiger partial charge in [0.05, 0.1) is 0 Å². The molecule has 5 heteroatoms. The number of carbonyl (C=O) groups excluding carboxylic acids is 2. The third-order valence-electron chi connectivity index (χ3n) is 3.48. The smallest absolute Gasteiger partial charge is 0.251 e. The van der Waals surface area contributed by atoms with E-state index in [1.54, 1.807) is 6.07 Å². The van der Waals surface area contributed by atoms with E-state index < -0.39 is 0 Å². The largest absolute Gasteiger partial charge is 0.361 e. The number of fused-ring (bicyclic) bond motifs is 1. The molecule has 0 bridgehead atoms. The van der Waals surface area contributed by atoms with Crippen molar-refractivity contribution in [2.24, 2.45) is 5.92 Å². The molecular weight excluding hydrogens is 254 g/mol. The van der Waals surface area contributed by atoms with Crippen molar-refractivity contribution in [3.63, 3.8) is 0 Å². The summed E-state index contributed by atoms with van der Waals surface area (Å²) < 4.78 is 0. The zero-order valence-corrected chi connectivity index (χ0v) is 11.1. The molecule has 1 fully saturated rings. The Morgan fingerprint density at radius 2 is 1.95 bits per heavy atom. The van der Waals surface area contributed by atoms with Crippen molar-refractivity contribution in [3.05, 3.63) is 36.0 Å². The molecule has 0 aliphatic heterocycles. The highest BCUT2D eigenvalue weighted by Crippen LogP contribution is 2.28. The maximum absolute atomic E-state index is 12.0. The zero-order valence-electron chi connectivity index (χ0n) is 11.1. The lowest BCUT2D eigenvalue weighted by Crippen LogP contribution is -2.35. The van der Waals surface area contributed by atoms with Gasteiger partial charge in [-0.1, -0.05) is 6.07 Å². The molecule has 20 heavy (non-hydrogen) atoms. The van der Waals surface area contributed by atoms with Gasteiger partial charge in [0.25, 0.3) is 5.91 Å². The Labute approximate surface area is 116 Å². The Balaban J connectivity index is 1.49. The van der Waals surface area contributed by atoms with E-state index in [1.165, 1.54) is 0 Å². The molecule has 3 rings (SSSR count). The fourth-order valence-corrected chi connectivity index (χ4v) is 2.14. The second kappa shape index (κ2) is 5.36. The molecule has 0 unspecified atom stereocenters. The molecular formula is C15H17N3O2. The summed E-state index contributed by atoms with van der Waals surface area (Å²) in [6, 6.07) is 7.50. The topological polar surface area (TPSA) is 74.0 Å². The van der Waals surface area contributed by atoms with Crippen molar-refractivity contribution in [3.8, 4) is 0 Å². The fourth-order valence-electron chi connectivity index (χ4n) is 2.14. The first kappa shape index (κ1) is 12.7. The van der Waals surface area contributed by atoms with Gasteiger partial charge in [-0.15, -0.1) is 0 Å². The van der Waals surface area contributed by atoms with Crippen LogP contribution in [0.15, 0.2) is 30.5 Å². The molecule has 5 nitrogen and oxygen atoms in total. The van der Waals surface area contributed by atoms with Crippen LogP contribution in [0, 0.1) is 5.92 Å². The summed E-state index contributed by atoms with van der Waals surface area (Å²) >= 11 is 0. The molecule has 1 aromatic heterocycles. The van der Waals surface area contributed by atoms with Gasteiger partial charge in [-0.05, 0) is 36.4 Å². The summed E-state index contributed by atoms with van der Waals surface area (Å²) in [5.74, 6) is 0.190. The third kappa shape index (κ3) is 2.82. The highest BCUT2D eigenvalue weighted by Gasteiger charge is 2.28. The molecule has 2 amide bonds. The minimum Gasteiger partial charge on any atom is -0.361 e. The van der Waals surface area contributed by atoms with E-state index in [0.717, 1.165) is 23.7 Å². The average molecular weight is 271 g/mol. The van der Waals surface area contributed by atoms with Crippen molar-refractivity contribution in [1.82, 2.24) is 15.6 Å². The summed E-state index contributed by atoms with van der Waals surface area (Å²) in [6.07, 6.45) is 3.84. The number of hydrogen-bond donors (Lipinski definition) is 3. The van der Waals surface area contributed by atoms with Crippen LogP contribution < -0.4 is 10.6 Å². The first-order valence-electron chi connectivity index (χ1n) is 6.87. The summed E-state index contributed by atoms with van der Waals surface area (Å²) in [4.78, 5) is 26.5.